The maximum absolute atomic E-state index is 13.8. The number of nitrogens with zero attached hydrogens (tertiary/aromatic N) is 1. The van der Waals surface area contributed by atoms with Gasteiger partial charge >= 0.3 is 0 Å². The highest BCUT2D eigenvalue weighted by Gasteiger charge is 2.42. The predicted octanol–water partition coefficient (Wildman–Crippen LogP) is 3.52. The van der Waals surface area contributed by atoms with E-state index in [0.29, 0.717) is 0 Å². The zero-order valence-corrected chi connectivity index (χ0v) is 14.6. The first-order valence-electron chi connectivity index (χ1n) is 8.15. The Morgan fingerprint density at radius 2 is 2.04 bits per heavy atom. The average molecular weight is 341 g/mol. The molecule has 0 amide bonds. The Morgan fingerprint density at radius 1 is 1.30 bits per heavy atom. The molecule has 3 nitrogen and oxygen atoms in total. The summed E-state index contributed by atoms with van der Waals surface area (Å²) in [4.78, 5) is 4.54. The smallest absolute Gasteiger partial charge is 0.191 e. The summed E-state index contributed by atoms with van der Waals surface area (Å²) in [7, 11) is 0. The fourth-order valence-electron chi connectivity index (χ4n) is 2.58. The van der Waals surface area contributed by atoms with E-state index in [0.717, 1.165) is 44.1 Å². The number of thioether (sulfide) groups is 1. The van der Waals surface area contributed by atoms with Crippen LogP contribution in [-0.4, -0.2) is 37.1 Å². The van der Waals surface area contributed by atoms with Gasteiger partial charge in [-0.15, -0.1) is 0 Å². The Morgan fingerprint density at radius 3 is 2.70 bits per heavy atom. The number of nitrogens with one attached hydrogen (secondary N) is 2. The molecular weight excluding hydrogens is 316 g/mol. The van der Waals surface area contributed by atoms with Gasteiger partial charge in [-0.25, -0.2) is 8.78 Å². The standard InChI is InChI=1S/C17H25F2N3S/c1-3-20-17(21-9-4-5-10-23-2)22-15-11-12(15)16-13(18)7-6-8-14(16)19/h6-8,12,15H,3-5,9-11H2,1-2H3,(H2,20,21,22). The summed E-state index contributed by atoms with van der Waals surface area (Å²) in [6.45, 7) is 3.54. The highest BCUT2D eigenvalue weighted by molar-refractivity contribution is 7.98. The Balaban J connectivity index is 1.88. The van der Waals surface area contributed by atoms with Crippen LogP contribution in [-0.2, 0) is 0 Å². The fraction of sp³-hybridized carbons (Fsp3) is 0.588. The molecule has 1 aliphatic carbocycles. The molecule has 0 aromatic heterocycles. The van der Waals surface area contributed by atoms with Crippen molar-refractivity contribution in [2.45, 2.75) is 38.1 Å². The van der Waals surface area contributed by atoms with Crippen LogP contribution < -0.4 is 10.6 Å². The van der Waals surface area contributed by atoms with Crippen LogP contribution >= 0.6 is 11.8 Å². The van der Waals surface area contributed by atoms with E-state index in [9.17, 15) is 8.78 Å². The summed E-state index contributed by atoms with van der Waals surface area (Å²) in [5, 5.41) is 6.48. The zero-order valence-electron chi connectivity index (χ0n) is 13.7. The third-order valence-corrected chi connectivity index (χ3v) is 4.55. The van der Waals surface area contributed by atoms with Gasteiger partial charge in [0.1, 0.15) is 11.6 Å². The lowest BCUT2D eigenvalue weighted by atomic mass is 10.1. The lowest BCUT2D eigenvalue weighted by Crippen LogP contribution is -2.39. The molecule has 23 heavy (non-hydrogen) atoms. The monoisotopic (exact) mass is 341 g/mol. The van der Waals surface area contributed by atoms with E-state index in [4.69, 9.17) is 0 Å². The fourth-order valence-corrected chi connectivity index (χ4v) is 3.08. The maximum atomic E-state index is 13.8. The molecule has 0 aliphatic heterocycles. The minimum absolute atomic E-state index is 0.0467. The third kappa shape index (κ3) is 5.37. The highest BCUT2D eigenvalue weighted by Crippen LogP contribution is 2.42. The van der Waals surface area contributed by atoms with Crippen molar-refractivity contribution in [2.75, 3.05) is 25.1 Å². The van der Waals surface area contributed by atoms with Crippen molar-refractivity contribution < 1.29 is 8.78 Å². The maximum Gasteiger partial charge on any atom is 0.191 e. The number of benzene rings is 1. The highest BCUT2D eigenvalue weighted by atomic mass is 32.2. The minimum Gasteiger partial charge on any atom is -0.357 e. The molecule has 1 fully saturated rings. The molecule has 6 heteroatoms. The summed E-state index contributed by atoms with van der Waals surface area (Å²) < 4.78 is 27.6. The van der Waals surface area contributed by atoms with E-state index in [-0.39, 0.29) is 17.5 Å². The second-order valence-corrected chi connectivity index (χ2v) is 6.67. The molecule has 2 unspecified atom stereocenters. The molecule has 0 spiro atoms. The zero-order chi connectivity index (χ0) is 16.7. The van der Waals surface area contributed by atoms with Gasteiger partial charge in [-0.1, -0.05) is 6.07 Å². The van der Waals surface area contributed by atoms with Gasteiger partial charge in [0, 0.05) is 30.6 Å². The van der Waals surface area contributed by atoms with Crippen LogP contribution in [0.2, 0.25) is 0 Å². The first-order chi connectivity index (χ1) is 11.2. The topological polar surface area (TPSA) is 36.4 Å². The van der Waals surface area contributed by atoms with Crippen molar-refractivity contribution in [1.29, 1.82) is 0 Å². The number of rotatable bonds is 8. The van der Waals surface area contributed by atoms with Gasteiger partial charge in [0.2, 0.25) is 0 Å². The van der Waals surface area contributed by atoms with Crippen LogP contribution in [0.15, 0.2) is 23.2 Å². The van der Waals surface area contributed by atoms with E-state index in [2.05, 4.69) is 21.9 Å². The molecule has 0 heterocycles. The van der Waals surface area contributed by atoms with Gasteiger partial charge in [-0.2, -0.15) is 11.8 Å². The minimum atomic E-state index is -0.460. The summed E-state index contributed by atoms with van der Waals surface area (Å²) in [5.41, 5.74) is 0.195. The molecule has 1 saturated carbocycles. The van der Waals surface area contributed by atoms with Gasteiger partial charge in [-0.3, -0.25) is 4.99 Å². The van der Waals surface area contributed by atoms with Gasteiger partial charge in [0.15, 0.2) is 5.96 Å². The van der Waals surface area contributed by atoms with Crippen LogP contribution in [0.1, 0.15) is 37.7 Å². The van der Waals surface area contributed by atoms with E-state index < -0.39 is 11.6 Å². The van der Waals surface area contributed by atoms with Gasteiger partial charge in [-0.05, 0) is 50.3 Å². The SMILES string of the molecule is CCNC(=NCCCCSC)NC1CC1c1c(F)cccc1F. The van der Waals surface area contributed by atoms with Crippen molar-refractivity contribution in [3.63, 3.8) is 0 Å². The Bertz CT molecular complexity index is 516. The second-order valence-electron chi connectivity index (χ2n) is 5.69. The lowest BCUT2D eigenvalue weighted by molar-refractivity contribution is 0.553. The molecule has 128 valence electrons. The number of aliphatic imine (C=N–C) groups is 1. The molecule has 1 aliphatic rings. The summed E-state index contributed by atoms with van der Waals surface area (Å²) in [6.07, 6.45) is 5.03. The second kappa shape index (κ2) is 9.11. The van der Waals surface area contributed by atoms with Crippen LogP contribution in [0.3, 0.4) is 0 Å². The van der Waals surface area contributed by atoms with Crippen molar-refractivity contribution >= 4 is 17.7 Å². The summed E-state index contributed by atoms with van der Waals surface area (Å²) in [6, 6.07) is 4.09. The van der Waals surface area contributed by atoms with Gasteiger partial charge in [0.25, 0.3) is 0 Å². The number of guanidine groups is 1. The molecule has 1 aromatic carbocycles. The molecule has 0 radical (unpaired) electrons. The van der Waals surface area contributed by atoms with Crippen molar-refractivity contribution in [3.8, 4) is 0 Å². The number of hydrogen-bond acceptors (Lipinski definition) is 2. The lowest BCUT2D eigenvalue weighted by Gasteiger charge is -2.11. The first kappa shape index (κ1) is 18.0. The van der Waals surface area contributed by atoms with E-state index in [1.54, 1.807) is 0 Å². The Hall–Kier alpha value is -1.30. The molecule has 0 bridgehead atoms. The van der Waals surface area contributed by atoms with E-state index >= 15 is 0 Å². The molecule has 1 aromatic rings. The van der Waals surface area contributed by atoms with Gasteiger partial charge < -0.3 is 10.6 Å². The van der Waals surface area contributed by atoms with Crippen LogP contribution in [0, 0.1) is 11.6 Å². The van der Waals surface area contributed by atoms with Crippen molar-refractivity contribution in [1.82, 2.24) is 10.6 Å². The van der Waals surface area contributed by atoms with Gasteiger partial charge in [0.05, 0.1) is 0 Å². The van der Waals surface area contributed by atoms with Crippen LogP contribution in [0.5, 0.6) is 0 Å². The number of unbranched alkanes of at least 4 members (excludes halogenated alkanes) is 1. The predicted molar refractivity (Wildman–Crippen MR) is 94.2 cm³/mol. The van der Waals surface area contributed by atoms with Crippen molar-refractivity contribution in [3.05, 3.63) is 35.4 Å². The average Bonchev–Trinajstić information content (AvgIpc) is 3.26. The Kier molecular flexibility index (Phi) is 7.15. The summed E-state index contributed by atoms with van der Waals surface area (Å²) in [5.74, 6) is 0.852. The molecule has 2 atom stereocenters. The van der Waals surface area contributed by atoms with Crippen LogP contribution in [0.25, 0.3) is 0 Å². The first-order valence-corrected chi connectivity index (χ1v) is 9.54. The summed E-state index contributed by atoms with van der Waals surface area (Å²) >= 11 is 1.84. The molecule has 0 saturated heterocycles. The van der Waals surface area contributed by atoms with Crippen molar-refractivity contribution in [2.24, 2.45) is 4.99 Å². The normalized spacial score (nSPS) is 20.4. The number of halogens is 2. The van der Waals surface area contributed by atoms with Crippen LogP contribution in [0.4, 0.5) is 8.78 Å². The van der Waals surface area contributed by atoms with E-state index in [1.807, 2.05) is 18.7 Å². The Labute approximate surface area is 141 Å². The number of hydrogen-bond donors (Lipinski definition) is 2. The largest absolute Gasteiger partial charge is 0.357 e. The van der Waals surface area contributed by atoms with E-state index in [1.165, 1.54) is 18.2 Å². The quantitative estimate of drug-likeness (QED) is 0.431. The molecular formula is C17H25F2N3S. The third-order valence-electron chi connectivity index (χ3n) is 3.85. The molecule has 2 rings (SSSR count). The molecule has 2 N–H and O–H groups in total.